The number of amides is 2. The first kappa shape index (κ1) is 34.4. The van der Waals surface area contributed by atoms with E-state index in [0.29, 0.717) is 24.9 Å². The van der Waals surface area contributed by atoms with Gasteiger partial charge in [-0.1, -0.05) is 41.6 Å². The molecule has 0 spiro atoms. The third-order valence-electron chi connectivity index (χ3n) is 9.04. The molecular weight excluding hydrogens is 653 g/mol. The fourth-order valence-electron chi connectivity index (χ4n) is 6.21. The Morgan fingerprint density at radius 1 is 1.08 bits per heavy atom. The van der Waals surface area contributed by atoms with Gasteiger partial charge in [0.05, 0.1) is 28.8 Å². The van der Waals surface area contributed by atoms with Crippen molar-refractivity contribution in [2.45, 2.75) is 60.7 Å². The van der Waals surface area contributed by atoms with Crippen LogP contribution in [-0.4, -0.2) is 114 Å². The number of aliphatic hydroxyl groups is 1. The van der Waals surface area contributed by atoms with E-state index in [1.807, 2.05) is 12.1 Å². The fraction of sp³-hybridized carbons (Fsp3) is 0.441. The largest absolute Gasteiger partial charge is 0.398 e. The zero-order valence-corrected chi connectivity index (χ0v) is 28.0. The number of hydrogen-bond acceptors (Lipinski definition) is 11. The Morgan fingerprint density at radius 3 is 2.55 bits per heavy atom. The summed E-state index contributed by atoms with van der Waals surface area (Å²) in [7, 11) is -2.10. The molecule has 13 nitrogen and oxygen atoms in total. The number of aromatic nitrogens is 2. The molecule has 3 heterocycles. The number of sulfone groups is 1. The maximum Gasteiger partial charge on any atom is 0.276 e. The van der Waals surface area contributed by atoms with Gasteiger partial charge in [0.2, 0.25) is 0 Å². The summed E-state index contributed by atoms with van der Waals surface area (Å²) in [5, 5.41) is 19.8. The molecule has 15 heteroatoms. The van der Waals surface area contributed by atoms with Crippen LogP contribution in [0, 0.1) is 0 Å². The van der Waals surface area contributed by atoms with Gasteiger partial charge in [-0.05, 0) is 48.9 Å². The number of carbonyl (C=O) groups excluding carboxylic acids is 2. The fourth-order valence-corrected chi connectivity index (χ4v) is 7.86. The molecule has 0 radical (unpaired) electrons. The summed E-state index contributed by atoms with van der Waals surface area (Å²) in [4.78, 5) is 43.0. The van der Waals surface area contributed by atoms with Crippen LogP contribution in [0.4, 0.5) is 10.2 Å². The number of alkyl halides is 1. The van der Waals surface area contributed by atoms with Crippen molar-refractivity contribution in [1.82, 2.24) is 25.1 Å². The average Bonchev–Trinajstić information content (AvgIpc) is 3.97. The van der Waals surface area contributed by atoms with Crippen molar-refractivity contribution in [2.24, 2.45) is 5.16 Å². The van der Waals surface area contributed by atoms with E-state index in [0.717, 1.165) is 19.5 Å². The van der Waals surface area contributed by atoms with Crippen LogP contribution in [0.5, 0.6) is 0 Å². The smallest absolute Gasteiger partial charge is 0.276 e. The lowest BCUT2D eigenvalue weighted by atomic mass is 10.00. The number of aliphatic hydroxyl groups excluding tert-OH is 1. The van der Waals surface area contributed by atoms with E-state index >= 15 is 4.39 Å². The molecule has 2 unspecified atom stereocenters. The van der Waals surface area contributed by atoms with Crippen LogP contribution in [0.2, 0.25) is 0 Å². The molecule has 3 aromatic rings. The zero-order chi connectivity index (χ0) is 34.5. The Morgan fingerprint density at radius 2 is 1.84 bits per heavy atom. The van der Waals surface area contributed by atoms with E-state index in [4.69, 9.17) is 4.84 Å². The van der Waals surface area contributed by atoms with Crippen LogP contribution in [0.25, 0.3) is 0 Å². The number of anilines is 1. The minimum atomic E-state index is -3.39. The van der Waals surface area contributed by atoms with Gasteiger partial charge in [0, 0.05) is 44.4 Å². The van der Waals surface area contributed by atoms with Gasteiger partial charge in [0.25, 0.3) is 11.8 Å². The predicted octanol–water partition coefficient (Wildman–Crippen LogP) is 1.96. The summed E-state index contributed by atoms with van der Waals surface area (Å²) in [6.07, 6.45) is 1.40. The van der Waals surface area contributed by atoms with Gasteiger partial charge in [-0.3, -0.25) is 14.5 Å². The van der Waals surface area contributed by atoms with Crippen LogP contribution in [0.1, 0.15) is 46.4 Å². The lowest BCUT2D eigenvalue weighted by molar-refractivity contribution is -0.126. The van der Waals surface area contributed by atoms with E-state index in [2.05, 4.69) is 42.8 Å². The molecule has 260 valence electrons. The molecular formula is C34H40FN7O6S. The summed E-state index contributed by atoms with van der Waals surface area (Å²) in [5.41, 5.74) is 2.93. The average molecular weight is 694 g/mol. The minimum absolute atomic E-state index is 0.0425. The molecule has 49 heavy (non-hydrogen) atoms. The van der Waals surface area contributed by atoms with Crippen LogP contribution in [-0.2, 0) is 32.4 Å². The number of nitrogens with one attached hydrogen (secondary N) is 2. The van der Waals surface area contributed by atoms with Crippen molar-refractivity contribution in [1.29, 1.82) is 0 Å². The van der Waals surface area contributed by atoms with Crippen molar-refractivity contribution < 1.29 is 32.3 Å². The molecule has 3 aliphatic rings. The summed E-state index contributed by atoms with van der Waals surface area (Å²) in [6.45, 7) is 2.00. The number of halogens is 1. The molecule has 3 atom stereocenters. The second kappa shape index (κ2) is 15.0. The highest BCUT2D eigenvalue weighted by Crippen LogP contribution is 2.33. The molecule has 0 bridgehead atoms. The molecule has 2 fully saturated rings. The van der Waals surface area contributed by atoms with Gasteiger partial charge in [-0.25, -0.2) is 22.8 Å². The highest BCUT2D eigenvalue weighted by Gasteiger charge is 2.37. The first-order valence-electron chi connectivity index (χ1n) is 16.3. The van der Waals surface area contributed by atoms with Gasteiger partial charge in [-0.2, -0.15) is 0 Å². The van der Waals surface area contributed by atoms with E-state index in [1.165, 1.54) is 59.8 Å². The SMILES string of the molecule is CON=C(C(=O)N1CCC(Nc2cc(C(=O)NC[C@H](O)CN3CCc4ccccc4C3)ncn2)C(F)C1)c1ccc(S(=O)(=O)C2CC2)cc1. The Labute approximate surface area is 284 Å². The van der Waals surface area contributed by atoms with Gasteiger partial charge in [0.1, 0.15) is 31.1 Å². The quantitative estimate of drug-likeness (QED) is 0.189. The number of benzene rings is 2. The van der Waals surface area contributed by atoms with Crippen LogP contribution < -0.4 is 10.6 Å². The minimum Gasteiger partial charge on any atom is -0.398 e. The molecule has 1 saturated carbocycles. The molecule has 2 aromatic carbocycles. The highest BCUT2D eigenvalue weighted by atomic mass is 32.2. The van der Waals surface area contributed by atoms with Gasteiger partial charge in [0.15, 0.2) is 15.5 Å². The zero-order valence-electron chi connectivity index (χ0n) is 27.2. The molecule has 6 rings (SSSR count). The molecule has 3 N–H and O–H groups in total. The standard InChI is InChI=1S/C34H40FN7O6S/c1-48-40-32(23-6-8-26(9-7-23)49(46,47)27-10-11-27)34(45)42-15-13-29(28(35)20-42)39-31-16-30(37-21-38-31)33(44)36-17-25(43)19-41-14-12-22-4-2-3-5-24(22)18-41/h2-9,16,21,25,27-29,43H,10-15,17-20H2,1H3,(H,36,44)(H,37,38,39)/t25-,28?,29?/m0/s1. The van der Waals surface area contributed by atoms with Crippen LogP contribution in [0.15, 0.2) is 71.0 Å². The second-order valence-electron chi connectivity index (χ2n) is 12.6. The Hall–Kier alpha value is -4.47. The third kappa shape index (κ3) is 8.23. The topological polar surface area (TPSA) is 166 Å². The van der Waals surface area contributed by atoms with Crippen molar-refractivity contribution >= 4 is 33.2 Å². The Kier molecular flexibility index (Phi) is 10.5. The second-order valence-corrected chi connectivity index (χ2v) is 14.8. The van der Waals surface area contributed by atoms with Crippen molar-refractivity contribution in [3.8, 4) is 0 Å². The summed E-state index contributed by atoms with van der Waals surface area (Å²) in [5.74, 6) is -0.786. The summed E-state index contributed by atoms with van der Waals surface area (Å²) >= 11 is 0. The van der Waals surface area contributed by atoms with Gasteiger partial charge in [-0.15, -0.1) is 0 Å². The molecule has 2 aliphatic heterocycles. The first-order valence-corrected chi connectivity index (χ1v) is 17.9. The third-order valence-corrected chi connectivity index (χ3v) is 11.3. The van der Waals surface area contributed by atoms with Crippen molar-refractivity contribution in [3.63, 3.8) is 0 Å². The first-order chi connectivity index (χ1) is 23.6. The monoisotopic (exact) mass is 693 g/mol. The number of carbonyl (C=O) groups is 2. The number of oxime groups is 1. The van der Waals surface area contributed by atoms with Crippen LogP contribution >= 0.6 is 0 Å². The van der Waals surface area contributed by atoms with Crippen molar-refractivity contribution in [2.75, 3.05) is 45.2 Å². The van der Waals surface area contributed by atoms with Gasteiger partial charge < -0.3 is 25.5 Å². The van der Waals surface area contributed by atoms with E-state index in [-0.39, 0.29) is 53.4 Å². The lowest BCUT2D eigenvalue weighted by Gasteiger charge is -2.35. The number of rotatable bonds is 12. The predicted molar refractivity (Wildman–Crippen MR) is 179 cm³/mol. The van der Waals surface area contributed by atoms with Crippen molar-refractivity contribution in [3.05, 3.63) is 83.3 Å². The normalized spacial score (nSPS) is 20.6. The lowest BCUT2D eigenvalue weighted by Crippen LogP contribution is -2.51. The van der Waals surface area contributed by atoms with E-state index in [9.17, 15) is 23.1 Å². The maximum atomic E-state index is 15.5. The van der Waals surface area contributed by atoms with Crippen LogP contribution in [0.3, 0.4) is 0 Å². The Balaban J connectivity index is 0.997. The van der Waals surface area contributed by atoms with Gasteiger partial charge >= 0.3 is 0 Å². The summed E-state index contributed by atoms with van der Waals surface area (Å²) in [6, 6.07) is 14.9. The molecule has 1 aromatic heterocycles. The molecule has 1 aliphatic carbocycles. The maximum absolute atomic E-state index is 15.5. The number of β-amino-alcohol motifs (C(OH)–C–C–N with tert-alkyl or cyclic N) is 1. The number of piperidine rings is 1. The molecule has 1 saturated heterocycles. The van der Waals surface area contributed by atoms with E-state index < -0.39 is 40.0 Å². The number of likely N-dealkylation sites (tertiary alicyclic amines) is 1. The number of hydrogen-bond donors (Lipinski definition) is 3. The van der Waals surface area contributed by atoms with E-state index in [1.54, 1.807) is 0 Å². The highest BCUT2D eigenvalue weighted by molar-refractivity contribution is 7.92. The Bertz CT molecular complexity index is 1800. The number of fused-ring (bicyclic) bond motifs is 1. The summed E-state index contributed by atoms with van der Waals surface area (Å²) < 4.78 is 40.6. The molecule has 2 amide bonds. The number of nitrogens with zero attached hydrogens (tertiary/aromatic N) is 5.